The molecule has 78 valence electrons. The zero-order chi connectivity index (χ0) is 10.8. The van der Waals surface area contributed by atoms with Crippen molar-refractivity contribution in [2.24, 2.45) is 0 Å². The number of benzene rings is 1. The topological polar surface area (TPSA) is 38.1 Å². The van der Waals surface area contributed by atoms with Gasteiger partial charge in [-0.1, -0.05) is 25.1 Å². The van der Waals surface area contributed by atoms with Crippen molar-refractivity contribution in [3.05, 3.63) is 41.7 Å². The Morgan fingerprint density at radius 2 is 1.93 bits per heavy atom. The number of aromatic hydroxyl groups is 1. The molecule has 3 heteroatoms. The second-order valence-electron chi connectivity index (χ2n) is 3.48. The number of hydrogen-bond acceptors (Lipinski definition) is 2. The monoisotopic (exact) mass is 202 g/mol. The smallest absolute Gasteiger partial charge is 0.160 e. The molecule has 0 fully saturated rings. The van der Waals surface area contributed by atoms with Crippen molar-refractivity contribution in [1.82, 2.24) is 9.78 Å². The molecule has 0 spiro atoms. The number of hydrogen-bond donors (Lipinski definition) is 1. The molecule has 0 unspecified atom stereocenters. The maximum atomic E-state index is 9.80. The Morgan fingerprint density at radius 3 is 2.53 bits per heavy atom. The van der Waals surface area contributed by atoms with Crippen LogP contribution in [-0.4, -0.2) is 14.9 Å². The van der Waals surface area contributed by atoms with E-state index in [4.69, 9.17) is 0 Å². The Balaban J connectivity index is 2.58. The minimum absolute atomic E-state index is 0.307. The molecule has 0 radical (unpaired) electrons. The summed E-state index contributed by atoms with van der Waals surface area (Å²) in [5, 5.41) is 14.1. The fourth-order valence-electron chi connectivity index (χ4n) is 1.67. The van der Waals surface area contributed by atoms with Gasteiger partial charge in [-0.2, -0.15) is 5.10 Å². The minimum atomic E-state index is 0.307. The number of aromatic nitrogens is 2. The Hall–Kier alpha value is -1.77. The fraction of sp³-hybridized carbons (Fsp3) is 0.250. The highest BCUT2D eigenvalue weighted by atomic mass is 16.3. The third-order valence-electron chi connectivity index (χ3n) is 2.46. The van der Waals surface area contributed by atoms with Gasteiger partial charge in [0.05, 0.1) is 11.4 Å². The maximum absolute atomic E-state index is 9.80. The van der Waals surface area contributed by atoms with Gasteiger partial charge in [-0.3, -0.25) is 0 Å². The van der Waals surface area contributed by atoms with Crippen molar-refractivity contribution in [1.29, 1.82) is 0 Å². The van der Waals surface area contributed by atoms with Gasteiger partial charge in [-0.15, -0.1) is 0 Å². The molecule has 0 atom stereocenters. The summed E-state index contributed by atoms with van der Waals surface area (Å²) in [7, 11) is 0. The van der Waals surface area contributed by atoms with Crippen molar-refractivity contribution >= 4 is 0 Å². The SMILES string of the molecule is CCc1c(O)c(C)nn1-c1ccccc1. The molecule has 1 aromatic heterocycles. The van der Waals surface area contributed by atoms with E-state index < -0.39 is 0 Å². The van der Waals surface area contributed by atoms with Gasteiger partial charge in [0.1, 0.15) is 5.69 Å². The van der Waals surface area contributed by atoms with Gasteiger partial charge < -0.3 is 5.11 Å². The highest BCUT2D eigenvalue weighted by Crippen LogP contribution is 2.24. The molecule has 0 amide bonds. The molecule has 3 nitrogen and oxygen atoms in total. The maximum Gasteiger partial charge on any atom is 0.160 e. The van der Waals surface area contributed by atoms with Gasteiger partial charge in [0.25, 0.3) is 0 Å². The molecule has 2 aromatic rings. The van der Waals surface area contributed by atoms with E-state index in [-0.39, 0.29) is 0 Å². The summed E-state index contributed by atoms with van der Waals surface area (Å²) in [4.78, 5) is 0. The first kappa shape index (κ1) is 9.77. The normalized spacial score (nSPS) is 10.5. The number of aryl methyl sites for hydroxylation is 1. The molecule has 0 aliphatic heterocycles. The zero-order valence-electron chi connectivity index (χ0n) is 8.94. The van der Waals surface area contributed by atoms with E-state index in [9.17, 15) is 5.11 Å². The van der Waals surface area contributed by atoms with Crippen LogP contribution in [0, 0.1) is 6.92 Å². The van der Waals surface area contributed by atoms with Gasteiger partial charge in [0.15, 0.2) is 5.75 Å². The van der Waals surface area contributed by atoms with E-state index in [0.29, 0.717) is 11.4 Å². The van der Waals surface area contributed by atoms with Crippen molar-refractivity contribution in [2.75, 3.05) is 0 Å². The predicted octanol–water partition coefficient (Wildman–Crippen LogP) is 2.45. The molecule has 1 N–H and O–H groups in total. The minimum Gasteiger partial charge on any atom is -0.504 e. The van der Waals surface area contributed by atoms with Crippen LogP contribution in [-0.2, 0) is 6.42 Å². The zero-order valence-corrected chi connectivity index (χ0v) is 8.94. The molecule has 15 heavy (non-hydrogen) atoms. The van der Waals surface area contributed by atoms with E-state index in [1.54, 1.807) is 4.68 Å². The Morgan fingerprint density at radius 1 is 1.27 bits per heavy atom. The average Bonchev–Trinajstić information content (AvgIpc) is 2.56. The van der Waals surface area contributed by atoms with Crippen LogP contribution < -0.4 is 0 Å². The first-order chi connectivity index (χ1) is 7.24. The van der Waals surface area contributed by atoms with Crippen LogP contribution in [0.1, 0.15) is 18.3 Å². The van der Waals surface area contributed by atoms with E-state index in [0.717, 1.165) is 17.8 Å². The largest absolute Gasteiger partial charge is 0.504 e. The summed E-state index contributed by atoms with van der Waals surface area (Å²) in [6, 6.07) is 9.84. The molecular weight excluding hydrogens is 188 g/mol. The van der Waals surface area contributed by atoms with Crippen LogP contribution in [0.25, 0.3) is 5.69 Å². The van der Waals surface area contributed by atoms with Crippen LogP contribution in [0.15, 0.2) is 30.3 Å². The molecule has 1 heterocycles. The third-order valence-corrected chi connectivity index (χ3v) is 2.46. The van der Waals surface area contributed by atoms with Crippen molar-refractivity contribution < 1.29 is 5.11 Å². The lowest BCUT2D eigenvalue weighted by molar-refractivity contribution is 0.464. The Bertz CT molecular complexity index is 460. The molecule has 0 saturated carbocycles. The summed E-state index contributed by atoms with van der Waals surface area (Å²) in [5.74, 6) is 0.307. The Kier molecular flexibility index (Phi) is 2.46. The Labute approximate surface area is 89.0 Å². The van der Waals surface area contributed by atoms with Crippen LogP contribution in [0.3, 0.4) is 0 Å². The van der Waals surface area contributed by atoms with Crippen LogP contribution in [0.5, 0.6) is 5.75 Å². The number of para-hydroxylation sites is 1. The third kappa shape index (κ3) is 1.61. The lowest BCUT2D eigenvalue weighted by Gasteiger charge is -2.04. The summed E-state index contributed by atoms with van der Waals surface area (Å²) in [6.07, 6.45) is 0.765. The molecule has 0 saturated heterocycles. The van der Waals surface area contributed by atoms with Gasteiger partial charge in [0.2, 0.25) is 0 Å². The van der Waals surface area contributed by atoms with Gasteiger partial charge in [0, 0.05) is 0 Å². The van der Waals surface area contributed by atoms with E-state index in [1.807, 2.05) is 44.2 Å². The lowest BCUT2D eigenvalue weighted by Crippen LogP contribution is -2.00. The molecule has 1 aromatic carbocycles. The first-order valence-electron chi connectivity index (χ1n) is 5.07. The summed E-state index contributed by atoms with van der Waals surface area (Å²) < 4.78 is 1.80. The standard InChI is InChI=1S/C12H14N2O/c1-3-11-12(15)9(2)13-14(11)10-7-5-4-6-8-10/h4-8,15H,3H2,1-2H3. The highest BCUT2D eigenvalue weighted by molar-refractivity contribution is 5.40. The van der Waals surface area contributed by atoms with Crippen molar-refractivity contribution in [3.63, 3.8) is 0 Å². The molecule has 0 bridgehead atoms. The summed E-state index contributed by atoms with van der Waals surface area (Å²) in [5.41, 5.74) is 2.52. The fourth-order valence-corrected chi connectivity index (χ4v) is 1.67. The lowest BCUT2D eigenvalue weighted by atomic mass is 10.2. The van der Waals surface area contributed by atoms with Gasteiger partial charge in [-0.25, -0.2) is 4.68 Å². The van der Waals surface area contributed by atoms with Crippen molar-refractivity contribution in [3.8, 4) is 11.4 Å². The number of nitrogens with zero attached hydrogens (tertiary/aromatic N) is 2. The number of rotatable bonds is 2. The van der Waals surface area contributed by atoms with Crippen LogP contribution in [0.4, 0.5) is 0 Å². The highest BCUT2D eigenvalue weighted by Gasteiger charge is 2.12. The molecular formula is C12H14N2O. The molecule has 2 rings (SSSR count). The van der Waals surface area contributed by atoms with E-state index in [1.165, 1.54) is 0 Å². The summed E-state index contributed by atoms with van der Waals surface area (Å²) in [6.45, 7) is 3.82. The predicted molar refractivity (Wildman–Crippen MR) is 59.3 cm³/mol. The second-order valence-corrected chi connectivity index (χ2v) is 3.48. The van der Waals surface area contributed by atoms with Crippen LogP contribution >= 0.6 is 0 Å². The van der Waals surface area contributed by atoms with E-state index in [2.05, 4.69) is 5.10 Å². The molecule has 0 aliphatic rings. The van der Waals surface area contributed by atoms with Gasteiger partial charge >= 0.3 is 0 Å². The quantitative estimate of drug-likeness (QED) is 0.812. The summed E-state index contributed by atoms with van der Waals surface area (Å²) >= 11 is 0. The van der Waals surface area contributed by atoms with E-state index >= 15 is 0 Å². The van der Waals surface area contributed by atoms with Gasteiger partial charge in [-0.05, 0) is 25.5 Å². The average molecular weight is 202 g/mol. The van der Waals surface area contributed by atoms with Crippen molar-refractivity contribution in [2.45, 2.75) is 20.3 Å². The molecule has 0 aliphatic carbocycles. The second kappa shape index (κ2) is 3.77. The first-order valence-corrected chi connectivity index (χ1v) is 5.07. The van der Waals surface area contributed by atoms with Crippen LogP contribution in [0.2, 0.25) is 0 Å².